The van der Waals surface area contributed by atoms with E-state index in [1.54, 1.807) is 13.1 Å². The number of anilines is 3. The highest BCUT2D eigenvalue weighted by Crippen LogP contribution is 2.26. The zero-order valence-electron chi connectivity index (χ0n) is 9.55. The quantitative estimate of drug-likeness (QED) is 0.660. The number of aliphatic hydroxyl groups excluding tert-OH is 1. The summed E-state index contributed by atoms with van der Waals surface area (Å²) in [5.74, 6) is 1.03. The van der Waals surface area contributed by atoms with Gasteiger partial charge in [-0.3, -0.25) is 9.69 Å². The fraction of sp³-hybridized carbons (Fsp3) is 0.500. The van der Waals surface area contributed by atoms with Gasteiger partial charge in [-0.1, -0.05) is 0 Å². The lowest BCUT2D eigenvalue weighted by molar-refractivity contribution is -0.117. The number of nitrogens with zero attached hydrogens (tertiary/aromatic N) is 3. The smallest absolute Gasteiger partial charge is 0.228 e. The van der Waals surface area contributed by atoms with Crippen molar-refractivity contribution in [3.8, 4) is 0 Å². The lowest BCUT2D eigenvalue weighted by Crippen LogP contribution is -2.36. The number of nitrogens with two attached hydrogens (primary N) is 1. The Morgan fingerprint density at radius 2 is 2.41 bits per heavy atom. The molecule has 0 spiro atoms. The van der Waals surface area contributed by atoms with Crippen LogP contribution < -0.4 is 16.0 Å². The summed E-state index contributed by atoms with van der Waals surface area (Å²) in [6, 6.07) is 1.42. The van der Waals surface area contributed by atoms with Crippen LogP contribution >= 0.6 is 0 Å². The summed E-state index contributed by atoms with van der Waals surface area (Å²) in [6.07, 6.45) is 1.05. The molecular formula is C10H15N5O2. The number of nitrogens with one attached hydrogen (secondary N) is 1. The van der Waals surface area contributed by atoms with Gasteiger partial charge in [0.15, 0.2) is 0 Å². The predicted molar refractivity (Wildman–Crippen MR) is 63.6 cm³/mol. The van der Waals surface area contributed by atoms with Gasteiger partial charge in [-0.15, -0.1) is 0 Å². The maximum absolute atomic E-state index is 11.7. The maximum atomic E-state index is 11.7. The summed E-state index contributed by atoms with van der Waals surface area (Å²) < 4.78 is 0. The van der Waals surface area contributed by atoms with Crippen LogP contribution in [0, 0.1) is 0 Å². The van der Waals surface area contributed by atoms with Gasteiger partial charge in [0, 0.05) is 19.5 Å². The minimum absolute atomic E-state index is 0.0517. The highest BCUT2D eigenvalue weighted by atomic mass is 16.3. The number of rotatable bonds is 3. The largest absolute Gasteiger partial charge is 0.394 e. The summed E-state index contributed by atoms with van der Waals surface area (Å²) >= 11 is 0. The molecule has 7 nitrogen and oxygen atoms in total. The number of aromatic nitrogens is 2. The third-order valence-corrected chi connectivity index (χ3v) is 2.77. The first-order valence-electron chi connectivity index (χ1n) is 5.41. The molecule has 1 aromatic heterocycles. The number of hydrogen-bond acceptors (Lipinski definition) is 6. The molecule has 1 amide bonds. The fourth-order valence-corrected chi connectivity index (χ4v) is 1.94. The second kappa shape index (κ2) is 4.54. The van der Waals surface area contributed by atoms with E-state index in [0.717, 1.165) is 0 Å². The Labute approximate surface area is 98.7 Å². The van der Waals surface area contributed by atoms with Crippen molar-refractivity contribution in [2.75, 3.05) is 29.6 Å². The van der Waals surface area contributed by atoms with E-state index in [0.29, 0.717) is 24.5 Å². The molecule has 0 bridgehead atoms. The molecule has 4 N–H and O–H groups in total. The minimum Gasteiger partial charge on any atom is -0.394 e. The molecule has 2 heterocycles. The summed E-state index contributed by atoms with van der Waals surface area (Å²) in [6.45, 7) is -0.0788. The van der Waals surface area contributed by atoms with E-state index in [1.165, 1.54) is 4.90 Å². The van der Waals surface area contributed by atoms with Gasteiger partial charge < -0.3 is 16.2 Å². The van der Waals surface area contributed by atoms with Crippen LogP contribution in [-0.2, 0) is 4.79 Å². The van der Waals surface area contributed by atoms with Crippen LogP contribution in [-0.4, -0.2) is 40.7 Å². The van der Waals surface area contributed by atoms with Gasteiger partial charge in [0.2, 0.25) is 11.9 Å². The molecular weight excluding hydrogens is 222 g/mol. The Balaban J connectivity index is 2.38. The van der Waals surface area contributed by atoms with Gasteiger partial charge in [-0.05, 0) is 6.42 Å². The highest BCUT2D eigenvalue weighted by Gasteiger charge is 2.32. The Kier molecular flexibility index (Phi) is 3.10. The summed E-state index contributed by atoms with van der Waals surface area (Å²) in [5.41, 5.74) is 5.57. The zero-order valence-corrected chi connectivity index (χ0v) is 9.55. The standard InChI is InChI=1S/C10H15N5O2/c1-12-7-4-8(14-10(11)13-7)15-6(5-16)2-3-9(15)17/h4,6,16H,2-3,5H2,1H3,(H3,11,12,13,14)/t6-/m0/s1. The van der Waals surface area contributed by atoms with Crippen LogP contribution in [0.4, 0.5) is 17.6 Å². The van der Waals surface area contributed by atoms with Crippen molar-refractivity contribution in [2.24, 2.45) is 0 Å². The molecule has 7 heteroatoms. The number of hydrogen-bond donors (Lipinski definition) is 3. The van der Waals surface area contributed by atoms with Crippen molar-refractivity contribution >= 4 is 23.5 Å². The van der Waals surface area contributed by atoms with E-state index in [9.17, 15) is 9.90 Å². The third kappa shape index (κ3) is 2.14. The molecule has 92 valence electrons. The van der Waals surface area contributed by atoms with Crippen LogP contribution in [0.5, 0.6) is 0 Å². The van der Waals surface area contributed by atoms with Gasteiger partial charge in [-0.2, -0.15) is 9.97 Å². The molecule has 1 aromatic rings. The molecule has 1 aliphatic heterocycles. The second-order valence-electron chi connectivity index (χ2n) is 3.86. The van der Waals surface area contributed by atoms with E-state index < -0.39 is 0 Å². The van der Waals surface area contributed by atoms with Crippen LogP contribution in [0.3, 0.4) is 0 Å². The molecule has 0 saturated carbocycles. The van der Waals surface area contributed by atoms with E-state index in [2.05, 4.69) is 15.3 Å². The van der Waals surface area contributed by atoms with Crippen LogP contribution in [0.1, 0.15) is 12.8 Å². The second-order valence-corrected chi connectivity index (χ2v) is 3.86. The van der Waals surface area contributed by atoms with Crippen molar-refractivity contribution in [3.63, 3.8) is 0 Å². The molecule has 0 aromatic carbocycles. The Bertz CT molecular complexity index is 437. The van der Waals surface area contributed by atoms with Gasteiger partial charge in [0.25, 0.3) is 0 Å². The van der Waals surface area contributed by atoms with Crippen molar-refractivity contribution in [1.82, 2.24) is 9.97 Å². The number of carbonyl (C=O) groups excluding carboxylic acids is 1. The van der Waals surface area contributed by atoms with E-state index in [1.807, 2.05) is 0 Å². The minimum atomic E-state index is -0.221. The lowest BCUT2D eigenvalue weighted by Gasteiger charge is -2.22. The molecule has 1 aliphatic rings. The average Bonchev–Trinajstić information content (AvgIpc) is 2.69. The molecule has 2 rings (SSSR count). The molecule has 0 radical (unpaired) electrons. The number of nitrogen functional groups attached to an aromatic ring is 1. The van der Waals surface area contributed by atoms with Crippen molar-refractivity contribution in [1.29, 1.82) is 0 Å². The normalized spacial score (nSPS) is 19.8. The van der Waals surface area contributed by atoms with Crippen molar-refractivity contribution in [3.05, 3.63) is 6.07 Å². The van der Waals surface area contributed by atoms with E-state index in [-0.39, 0.29) is 24.5 Å². The molecule has 17 heavy (non-hydrogen) atoms. The Morgan fingerprint density at radius 3 is 3.06 bits per heavy atom. The molecule has 0 aliphatic carbocycles. The first-order chi connectivity index (χ1) is 8.15. The van der Waals surface area contributed by atoms with Crippen molar-refractivity contribution < 1.29 is 9.90 Å². The van der Waals surface area contributed by atoms with Crippen LogP contribution in [0.25, 0.3) is 0 Å². The maximum Gasteiger partial charge on any atom is 0.228 e. The summed E-state index contributed by atoms with van der Waals surface area (Å²) in [4.78, 5) is 21.2. The van der Waals surface area contributed by atoms with E-state index in [4.69, 9.17) is 5.73 Å². The van der Waals surface area contributed by atoms with Gasteiger partial charge in [0.05, 0.1) is 12.6 Å². The third-order valence-electron chi connectivity index (χ3n) is 2.77. The molecule has 1 atom stereocenters. The average molecular weight is 237 g/mol. The van der Waals surface area contributed by atoms with Gasteiger partial charge in [-0.25, -0.2) is 0 Å². The SMILES string of the molecule is CNc1cc(N2C(=O)CC[C@H]2CO)nc(N)n1. The number of amides is 1. The first kappa shape index (κ1) is 11.6. The number of aliphatic hydroxyl groups is 1. The topological polar surface area (TPSA) is 104 Å². The highest BCUT2D eigenvalue weighted by molar-refractivity contribution is 5.95. The van der Waals surface area contributed by atoms with Crippen LogP contribution in [0.2, 0.25) is 0 Å². The lowest BCUT2D eigenvalue weighted by atomic mass is 10.2. The van der Waals surface area contributed by atoms with Gasteiger partial charge >= 0.3 is 0 Å². The first-order valence-corrected chi connectivity index (χ1v) is 5.41. The van der Waals surface area contributed by atoms with E-state index >= 15 is 0 Å². The van der Waals surface area contributed by atoms with Crippen molar-refractivity contribution in [2.45, 2.75) is 18.9 Å². The molecule has 1 fully saturated rings. The monoisotopic (exact) mass is 237 g/mol. The predicted octanol–water partition coefficient (Wildman–Crippen LogP) is -0.412. The number of carbonyl (C=O) groups is 1. The zero-order chi connectivity index (χ0) is 12.4. The summed E-state index contributed by atoms with van der Waals surface area (Å²) in [7, 11) is 1.71. The molecule has 1 saturated heterocycles. The molecule has 0 unspecified atom stereocenters. The summed E-state index contributed by atoms with van der Waals surface area (Å²) in [5, 5.41) is 12.1. The Morgan fingerprint density at radius 1 is 1.65 bits per heavy atom. The van der Waals surface area contributed by atoms with Crippen LogP contribution in [0.15, 0.2) is 6.07 Å². The fourth-order valence-electron chi connectivity index (χ4n) is 1.94. The Hall–Kier alpha value is -1.89. The van der Waals surface area contributed by atoms with Gasteiger partial charge in [0.1, 0.15) is 11.6 Å².